The van der Waals surface area contributed by atoms with Crippen LogP contribution in [0.2, 0.25) is 5.02 Å². The lowest BCUT2D eigenvalue weighted by atomic mass is 10.1. The van der Waals surface area contributed by atoms with Gasteiger partial charge >= 0.3 is 5.97 Å². The lowest BCUT2D eigenvalue weighted by Crippen LogP contribution is -2.42. The first kappa shape index (κ1) is 24.1. The summed E-state index contributed by atoms with van der Waals surface area (Å²) in [6.07, 6.45) is -1.21. The smallest absolute Gasteiger partial charge is 0.325 e. The Morgan fingerprint density at radius 1 is 1.22 bits per heavy atom. The number of nitrogens with zero attached hydrogens (tertiary/aromatic N) is 1. The molecule has 32 heavy (non-hydrogen) atoms. The Hall–Kier alpha value is -2.53. The van der Waals surface area contributed by atoms with Crippen LogP contribution >= 0.6 is 11.6 Å². The van der Waals surface area contributed by atoms with Gasteiger partial charge in [-0.1, -0.05) is 17.7 Å². The molecule has 8 nitrogen and oxygen atoms in total. The summed E-state index contributed by atoms with van der Waals surface area (Å²) in [5.41, 5.74) is 1.88. The van der Waals surface area contributed by atoms with Crippen molar-refractivity contribution in [3.05, 3.63) is 58.4 Å². The second-order valence-electron chi connectivity index (χ2n) is 7.51. The highest BCUT2D eigenvalue weighted by Gasteiger charge is 2.44. The third-order valence-electron chi connectivity index (χ3n) is 5.14. The average molecular weight is 485 g/mol. The van der Waals surface area contributed by atoms with E-state index < -0.39 is 46.5 Å². The Morgan fingerprint density at radius 2 is 1.94 bits per heavy atom. The Labute approximate surface area is 190 Å². The first-order valence-corrected chi connectivity index (χ1v) is 11.5. The summed E-state index contributed by atoms with van der Waals surface area (Å²) in [5.74, 6) is -2.33. The van der Waals surface area contributed by atoms with Crippen molar-refractivity contribution in [2.75, 3.05) is 18.5 Å². The lowest BCUT2D eigenvalue weighted by Gasteiger charge is -2.22. The molecule has 0 saturated carbocycles. The van der Waals surface area contributed by atoms with Crippen molar-refractivity contribution in [1.82, 2.24) is 4.31 Å². The molecule has 11 heteroatoms. The average Bonchev–Trinajstić information content (AvgIpc) is 3.13. The molecule has 2 atom stereocenters. The van der Waals surface area contributed by atoms with Gasteiger partial charge in [0.25, 0.3) is 5.91 Å². The first-order chi connectivity index (χ1) is 15.0. The highest BCUT2D eigenvalue weighted by molar-refractivity contribution is 7.89. The number of sulfonamides is 1. The van der Waals surface area contributed by atoms with Crippen molar-refractivity contribution in [3.63, 3.8) is 0 Å². The first-order valence-electron chi connectivity index (χ1n) is 9.67. The van der Waals surface area contributed by atoms with E-state index in [1.54, 1.807) is 13.0 Å². The van der Waals surface area contributed by atoms with Gasteiger partial charge in [0, 0.05) is 18.7 Å². The number of β-amino-alcohol motifs (C(OH)–C–C–N with tert-alkyl or cyclic N) is 1. The molecule has 1 aliphatic rings. The van der Waals surface area contributed by atoms with Gasteiger partial charge in [-0.25, -0.2) is 12.8 Å². The minimum atomic E-state index is -4.08. The monoisotopic (exact) mass is 484 g/mol. The van der Waals surface area contributed by atoms with Crippen molar-refractivity contribution in [1.29, 1.82) is 0 Å². The molecule has 2 unspecified atom stereocenters. The number of ether oxygens (including phenoxy) is 1. The number of nitrogens with one attached hydrogen (secondary N) is 1. The van der Waals surface area contributed by atoms with Gasteiger partial charge in [0.1, 0.15) is 11.9 Å². The lowest BCUT2D eigenvalue weighted by molar-refractivity contribution is -0.150. The number of aliphatic hydroxyl groups excluding tert-OH is 1. The molecule has 172 valence electrons. The molecule has 0 aliphatic carbocycles. The van der Waals surface area contributed by atoms with Crippen molar-refractivity contribution in [2.45, 2.75) is 37.3 Å². The highest BCUT2D eigenvalue weighted by atomic mass is 35.5. The number of halogens is 2. The summed E-state index contributed by atoms with van der Waals surface area (Å²) >= 11 is 5.65. The summed E-state index contributed by atoms with van der Waals surface area (Å²) < 4.78 is 45.2. The third-order valence-corrected chi connectivity index (χ3v) is 7.30. The zero-order chi connectivity index (χ0) is 23.6. The van der Waals surface area contributed by atoms with Crippen LogP contribution in [-0.4, -0.2) is 55.0 Å². The maximum atomic E-state index is 13.2. The van der Waals surface area contributed by atoms with Gasteiger partial charge in [-0.05, 0) is 55.3 Å². The normalized spacial score (nSPS) is 19.0. The third kappa shape index (κ3) is 5.26. The molecule has 0 spiro atoms. The SMILES string of the molecule is Cc1ccc(S(=O)(=O)N2CC(O)CC2C(=O)OCC(=O)Nc2ccc(F)c(Cl)c2)cc1C. The van der Waals surface area contributed by atoms with E-state index in [1.165, 1.54) is 24.3 Å². The number of carbonyl (C=O) groups excluding carboxylic acids is 2. The predicted octanol–water partition coefficient (Wildman–Crippen LogP) is 2.40. The van der Waals surface area contributed by atoms with Crippen LogP contribution in [0, 0.1) is 19.7 Å². The van der Waals surface area contributed by atoms with Crippen LogP contribution in [0.15, 0.2) is 41.3 Å². The van der Waals surface area contributed by atoms with E-state index in [4.69, 9.17) is 16.3 Å². The van der Waals surface area contributed by atoms with E-state index >= 15 is 0 Å². The number of aliphatic hydroxyl groups is 1. The summed E-state index contributed by atoms with van der Waals surface area (Å²) in [7, 11) is -4.08. The van der Waals surface area contributed by atoms with Crippen LogP contribution in [0.1, 0.15) is 17.5 Å². The predicted molar refractivity (Wildman–Crippen MR) is 115 cm³/mol. The van der Waals surface area contributed by atoms with Gasteiger partial charge in [-0.2, -0.15) is 4.31 Å². The van der Waals surface area contributed by atoms with E-state index in [-0.39, 0.29) is 28.6 Å². The van der Waals surface area contributed by atoms with Gasteiger partial charge in [-0.3, -0.25) is 9.59 Å². The molecule has 2 N–H and O–H groups in total. The molecule has 3 rings (SSSR count). The summed E-state index contributed by atoms with van der Waals surface area (Å²) in [6.45, 7) is 2.65. The molecule has 0 bridgehead atoms. The second kappa shape index (κ2) is 9.53. The number of hydrogen-bond donors (Lipinski definition) is 2. The van der Waals surface area contributed by atoms with Crippen molar-refractivity contribution >= 4 is 39.2 Å². The molecule has 2 aromatic rings. The van der Waals surface area contributed by atoms with Gasteiger partial charge < -0.3 is 15.2 Å². The number of esters is 1. The molecule has 1 amide bonds. The molecule has 0 aromatic heterocycles. The molecular formula is C21H22ClFN2O6S. The maximum Gasteiger partial charge on any atom is 0.325 e. The van der Waals surface area contributed by atoms with Gasteiger partial charge in [-0.15, -0.1) is 0 Å². The molecule has 1 fully saturated rings. The number of amides is 1. The fraction of sp³-hybridized carbons (Fsp3) is 0.333. The summed E-state index contributed by atoms with van der Waals surface area (Å²) in [4.78, 5) is 24.6. The zero-order valence-electron chi connectivity index (χ0n) is 17.3. The molecule has 1 heterocycles. The van der Waals surface area contributed by atoms with Crippen LogP contribution in [0.25, 0.3) is 0 Å². The molecular weight excluding hydrogens is 463 g/mol. The van der Waals surface area contributed by atoms with Gasteiger partial charge in [0.2, 0.25) is 10.0 Å². The largest absolute Gasteiger partial charge is 0.454 e. The summed E-state index contributed by atoms with van der Waals surface area (Å²) in [6, 6.07) is 6.87. The van der Waals surface area contributed by atoms with Crippen molar-refractivity contribution in [2.24, 2.45) is 0 Å². The highest BCUT2D eigenvalue weighted by Crippen LogP contribution is 2.28. The van der Waals surface area contributed by atoms with E-state index in [0.29, 0.717) is 0 Å². The van der Waals surface area contributed by atoms with Gasteiger partial charge in [0.15, 0.2) is 6.61 Å². The fourth-order valence-corrected chi connectivity index (χ4v) is 5.17. The van der Waals surface area contributed by atoms with Crippen LogP contribution in [0.3, 0.4) is 0 Å². The fourth-order valence-electron chi connectivity index (χ4n) is 3.28. The Kier molecular flexibility index (Phi) is 7.19. The van der Waals surface area contributed by atoms with Crippen LogP contribution in [-0.2, 0) is 24.3 Å². The zero-order valence-corrected chi connectivity index (χ0v) is 18.9. The second-order valence-corrected chi connectivity index (χ2v) is 9.81. The molecule has 1 aliphatic heterocycles. The van der Waals surface area contributed by atoms with Crippen molar-refractivity contribution < 1.29 is 32.2 Å². The minimum absolute atomic E-state index is 0.00145. The number of hydrogen-bond acceptors (Lipinski definition) is 6. The minimum Gasteiger partial charge on any atom is -0.454 e. The van der Waals surface area contributed by atoms with Crippen LogP contribution in [0.4, 0.5) is 10.1 Å². The number of aryl methyl sites for hydroxylation is 2. The van der Waals surface area contributed by atoms with Gasteiger partial charge in [0.05, 0.1) is 16.0 Å². The standard InChI is InChI=1S/C21H22ClFN2O6S/c1-12-3-5-16(7-13(12)2)32(29,30)25-10-15(26)9-19(25)21(28)31-11-20(27)24-14-4-6-18(23)17(22)8-14/h3-8,15,19,26H,9-11H2,1-2H3,(H,24,27). The van der Waals surface area contributed by atoms with E-state index in [0.717, 1.165) is 21.5 Å². The quantitative estimate of drug-likeness (QED) is 0.609. The van der Waals surface area contributed by atoms with E-state index in [1.807, 2.05) is 6.92 Å². The van der Waals surface area contributed by atoms with Crippen LogP contribution in [0.5, 0.6) is 0 Å². The van der Waals surface area contributed by atoms with Crippen LogP contribution < -0.4 is 5.32 Å². The van der Waals surface area contributed by atoms with E-state index in [2.05, 4.69) is 5.32 Å². The Bertz CT molecular complexity index is 1160. The number of anilines is 1. The molecule has 2 aromatic carbocycles. The molecule has 0 radical (unpaired) electrons. The Balaban J connectivity index is 1.68. The van der Waals surface area contributed by atoms with Crippen molar-refractivity contribution in [3.8, 4) is 0 Å². The number of benzene rings is 2. The topological polar surface area (TPSA) is 113 Å². The Morgan fingerprint density at radius 3 is 2.59 bits per heavy atom. The molecule has 1 saturated heterocycles. The number of carbonyl (C=O) groups is 2. The van der Waals surface area contributed by atoms with E-state index in [9.17, 15) is 27.5 Å². The maximum absolute atomic E-state index is 13.2. The summed E-state index contributed by atoms with van der Waals surface area (Å²) in [5, 5.41) is 12.2. The number of rotatable bonds is 6.